The number of nitrogens with one attached hydrogen (secondary N) is 1. The summed E-state index contributed by atoms with van der Waals surface area (Å²) in [6.45, 7) is 0.766. The van der Waals surface area contributed by atoms with Crippen molar-refractivity contribution in [3.05, 3.63) is 89.5 Å². The van der Waals surface area contributed by atoms with Crippen LogP contribution in [-0.2, 0) is 6.54 Å². The minimum atomic E-state index is -0.491. The molecule has 1 atom stereocenters. The minimum absolute atomic E-state index is 0.142. The molecule has 0 saturated carbocycles. The van der Waals surface area contributed by atoms with Crippen LogP contribution < -0.4 is 10.2 Å². The molecule has 1 fully saturated rings. The number of anilines is 1. The summed E-state index contributed by atoms with van der Waals surface area (Å²) in [5.74, 6) is -0.782. The van der Waals surface area contributed by atoms with Crippen LogP contribution in [0.3, 0.4) is 0 Å². The third-order valence-corrected chi connectivity index (χ3v) is 5.80. The average molecular weight is 451 g/mol. The Morgan fingerprint density at radius 2 is 1.91 bits per heavy atom. The maximum Gasteiger partial charge on any atom is 0.328 e. The Morgan fingerprint density at radius 1 is 1.06 bits per heavy atom. The van der Waals surface area contributed by atoms with Crippen molar-refractivity contribution in [3.8, 4) is 0 Å². The zero-order valence-electron chi connectivity index (χ0n) is 17.5. The van der Waals surface area contributed by atoms with Crippen molar-refractivity contribution in [2.75, 3.05) is 11.4 Å². The van der Waals surface area contributed by atoms with Crippen LogP contribution in [0, 0.1) is 17.5 Å². The quantitative estimate of drug-likeness (QED) is 0.477. The highest BCUT2D eigenvalue weighted by Gasteiger charge is 2.30. The lowest BCUT2D eigenvalue weighted by Gasteiger charge is -2.26. The van der Waals surface area contributed by atoms with E-state index in [-0.39, 0.29) is 24.0 Å². The number of carbonyl (C=O) groups is 1. The van der Waals surface area contributed by atoms with Crippen molar-refractivity contribution in [1.29, 1.82) is 0 Å². The van der Waals surface area contributed by atoms with Crippen LogP contribution in [0.15, 0.2) is 60.9 Å². The molecule has 2 aromatic carbocycles. The predicted molar refractivity (Wildman–Crippen MR) is 117 cm³/mol. The van der Waals surface area contributed by atoms with Crippen LogP contribution in [0.25, 0.3) is 11.2 Å². The molecule has 1 saturated heterocycles. The number of pyridine rings is 1. The van der Waals surface area contributed by atoms with E-state index >= 15 is 0 Å². The van der Waals surface area contributed by atoms with Gasteiger partial charge in [-0.3, -0.25) is 0 Å². The number of aromatic nitrogens is 3. The smallest absolute Gasteiger partial charge is 0.328 e. The molecule has 1 aliphatic heterocycles. The fraction of sp³-hybridized carbons (Fsp3) is 0.208. The van der Waals surface area contributed by atoms with Crippen molar-refractivity contribution >= 4 is 23.0 Å². The van der Waals surface area contributed by atoms with Gasteiger partial charge in [-0.1, -0.05) is 12.1 Å². The Balaban J connectivity index is 1.42. The third-order valence-electron chi connectivity index (χ3n) is 5.80. The molecule has 9 heteroatoms. The number of nitrogens with zero attached hydrogens (tertiary/aromatic N) is 4. The van der Waals surface area contributed by atoms with Gasteiger partial charge in [0, 0.05) is 18.7 Å². The number of carbonyl (C=O) groups excluding carboxylic acids is 1. The summed E-state index contributed by atoms with van der Waals surface area (Å²) in [4.78, 5) is 23.5. The second-order valence-corrected chi connectivity index (χ2v) is 7.93. The lowest BCUT2D eigenvalue weighted by molar-refractivity contribution is 0.242. The minimum Gasteiger partial charge on any atom is -0.349 e. The van der Waals surface area contributed by atoms with Crippen molar-refractivity contribution < 1.29 is 18.0 Å². The molecule has 6 nitrogen and oxygen atoms in total. The van der Waals surface area contributed by atoms with Crippen LogP contribution in [-0.4, -0.2) is 27.1 Å². The molecule has 0 unspecified atom stereocenters. The van der Waals surface area contributed by atoms with Crippen LogP contribution in [0.2, 0.25) is 0 Å². The zero-order valence-corrected chi connectivity index (χ0v) is 17.5. The van der Waals surface area contributed by atoms with E-state index in [1.165, 1.54) is 29.1 Å². The molecule has 0 aliphatic carbocycles. The summed E-state index contributed by atoms with van der Waals surface area (Å²) in [6, 6.07) is 12.1. The van der Waals surface area contributed by atoms with Crippen molar-refractivity contribution in [2.24, 2.45) is 0 Å². The van der Waals surface area contributed by atoms with E-state index in [0.29, 0.717) is 35.5 Å². The van der Waals surface area contributed by atoms with Crippen molar-refractivity contribution in [1.82, 2.24) is 19.9 Å². The standard InChI is InChI=1S/C24H20F3N5O/c25-16-4-1-3-15(11-16)13-28-24(33)32-14-29-20-8-9-22(30-23(20)32)31-10-2-5-21(31)18-12-17(26)6-7-19(18)27/h1,3-4,6-9,11-12,14,21H,2,5,10,13H2,(H,28,33)/t21-/m1/s1. The Morgan fingerprint density at radius 3 is 2.76 bits per heavy atom. The van der Waals surface area contributed by atoms with Gasteiger partial charge in [0.25, 0.3) is 0 Å². The van der Waals surface area contributed by atoms with Crippen LogP contribution in [0.4, 0.5) is 23.8 Å². The SMILES string of the molecule is O=C(NCc1cccc(F)c1)n1cnc2ccc(N3CCC[C@@H]3c3cc(F)ccc3F)nc21. The predicted octanol–water partition coefficient (Wildman–Crippen LogP) is 4.95. The van der Waals surface area contributed by atoms with E-state index in [0.717, 1.165) is 18.6 Å². The topological polar surface area (TPSA) is 63.1 Å². The van der Waals surface area contributed by atoms with Gasteiger partial charge >= 0.3 is 6.03 Å². The van der Waals surface area contributed by atoms with Gasteiger partial charge in [0.2, 0.25) is 0 Å². The van der Waals surface area contributed by atoms with E-state index in [9.17, 15) is 18.0 Å². The lowest BCUT2D eigenvalue weighted by Crippen LogP contribution is -2.28. The number of imidazole rings is 1. The van der Waals surface area contributed by atoms with Gasteiger partial charge in [-0.05, 0) is 60.9 Å². The number of rotatable bonds is 4. The largest absolute Gasteiger partial charge is 0.349 e. The number of halogens is 3. The maximum atomic E-state index is 14.4. The zero-order chi connectivity index (χ0) is 22.9. The summed E-state index contributed by atoms with van der Waals surface area (Å²) in [5, 5.41) is 2.73. The van der Waals surface area contributed by atoms with E-state index in [2.05, 4.69) is 15.3 Å². The second kappa shape index (κ2) is 8.57. The van der Waals surface area contributed by atoms with Crippen LogP contribution in [0.1, 0.15) is 30.0 Å². The van der Waals surface area contributed by atoms with Gasteiger partial charge in [0.05, 0.1) is 6.04 Å². The fourth-order valence-corrected chi connectivity index (χ4v) is 4.24. The highest BCUT2D eigenvalue weighted by atomic mass is 19.1. The highest BCUT2D eigenvalue weighted by molar-refractivity contribution is 5.87. The van der Waals surface area contributed by atoms with E-state index in [1.807, 2.05) is 4.90 Å². The molecule has 1 amide bonds. The molecule has 1 aliphatic rings. The molecule has 1 N–H and O–H groups in total. The van der Waals surface area contributed by atoms with E-state index in [4.69, 9.17) is 0 Å². The van der Waals surface area contributed by atoms with Gasteiger partial charge in [-0.25, -0.2) is 32.5 Å². The molecule has 5 rings (SSSR count). The molecule has 0 radical (unpaired) electrons. The first-order valence-electron chi connectivity index (χ1n) is 10.6. The van der Waals surface area contributed by atoms with Gasteiger partial charge in [-0.2, -0.15) is 0 Å². The van der Waals surface area contributed by atoms with Gasteiger partial charge in [0.1, 0.15) is 35.1 Å². The average Bonchev–Trinajstić information content (AvgIpc) is 3.46. The Bertz CT molecular complexity index is 1340. The number of benzene rings is 2. The summed E-state index contributed by atoms with van der Waals surface area (Å²) in [5.41, 5.74) is 1.77. The first kappa shape index (κ1) is 21.0. The highest BCUT2D eigenvalue weighted by Crippen LogP contribution is 2.37. The fourth-order valence-electron chi connectivity index (χ4n) is 4.24. The summed E-state index contributed by atoms with van der Waals surface area (Å²) in [7, 11) is 0. The molecule has 2 aromatic heterocycles. The second-order valence-electron chi connectivity index (χ2n) is 7.93. The molecule has 3 heterocycles. The Hall–Kier alpha value is -3.88. The van der Waals surface area contributed by atoms with E-state index in [1.54, 1.807) is 24.3 Å². The molecular weight excluding hydrogens is 431 g/mol. The molecular formula is C24H20F3N5O. The van der Waals surface area contributed by atoms with Crippen molar-refractivity contribution in [2.45, 2.75) is 25.4 Å². The monoisotopic (exact) mass is 451 g/mol. The molecule has 168 valence electrons. The number of hydrogen-bond donors (Lipinski definition) is 1. The summed E-state index contributed by atoms with van der Waals surface area (Å²) >= 11 is 0. The number of fused-ring (bicyclic) bond motifs is 1. The Labute approximate surface area is 187 Å². The van der Waals surface area contributed by atoms with Gasteiger partial charge in [-0.15, -0.1) is 0 Å². The first-order valence-corrected chi connectivity index (χ1v) is 10.6. The summed E-state index contributed by atoms with van der Waals surface area (Å²) in [6.07, 6.45) is 2.83. The normalized spacial score (nSPS) is 15.8. The Kier molecular flexibility index (Phi) is 5.45. The summed E-state index contributed by atoms with van der Waals surface area (Å²) < 4.78 is 42.9. The van der Waals surface area contributed by atoms with E-state index < -0.39 is 17.7 Å². The van der Waals surface area contributed by atoms with Crippen LogP contribution >= 0.6 is 0 Å². The number of hydrogen-bond acceptors (Lipinski definition) is 4. The van der Waals surface area contributed by atoms with Crippen LogP contribution in [0.5, 0.6) is 0 Å². The maximum absolute atomic E-state index is 14.4. The van der Waals surface area contributed by atoms with Crippen molar-refractivity contribution in [3.63, 3.8) is 0 Å². The number of amides is 1. The van der Waals surface area contributed by atoms with Gasteiger partial charge < -0.3 is 10.2 Å². The molecule has 0 bridgehead atoms. The lowest BCUT2D eigenvalue weighted by atomic mass is 10.0. The molecule has 0 spiro atoms. The molecule has 33 heavy (non-hydrogen) atoms. The third kappa shape index (κ3) is 4.13. The van der Waals surface area contributed by atoms with Gasteiger partial charge in [0.15, 0.2) is 5.65 Å². The molecule has 4 aromatic rings. The first-order chi connectivity index (χ1) is 16.0.